The number of likely N-dealkylation sites (tertiary alicyclic amines) is 1. The quantitative estimate of drug-likeness (QED) is 0.405. The fourth-order valence-corrected chi connectivity index (χ4v) is 5.54. The highest BCUT2D eigenvalue weighted by Gasteiger charge is 2.33. The van der Waals surface area contributed by atoms with E-state index >= 15 is 0 Å². The molecule has 0 saturated carbocycles. The van der Waals surface area contributed by atoms with Crippen molar-refractivity contribution in [3.05, 3.63) is 95.1 Å². The molecule has 2 aliphatic rings. The molecule has 0 spiro atoms. The van der Waals surface area contributed by atoms with E-state index < -0.39 is 0 Å². The van der Waals surface area contributed by atoms with Gasteiger partial charge in [-0.2, -0.15) is 0 Å². The molecule has 0 radical (unpaired) electrons. The van der Waals surface area contributed by atoms with Gasteiger partial charge in [0, 0.05) is 23.5 Å². The van der Waals surface area contributed by atoms with E-state index in [-0.39, 0.29) is 17.6 Å². The Labute approximate surface area is 198 Å². The highest BCUT2D eigenvalue weighted by atomic mass is 16.5. The summed E-state index contributed by atoms with van der Waals surface area (Å²) < 4.78 is 6.10. The van der Waals surface area contributed by atoms with Gasteiger partial charge in [-0.3, -0.25) is 0 Å². The maximum absolute atomic E-state index is 9.96. The van der Waals surface area contributed by atoms with E-state index in [1.165, 1.54) is 68.4 Å². The molecule has 3 aromatic carbocycles. The highest BCUT2D eigenvalue weighted by Crippen LogP contribution is 2.46. The van der Waals surface area contributed by atoms with Crippen LogP contribution in [0.15, 0.2) is 72.8 Å². The van der Waals surface area contributed by atoms with Gasteiger partial charge in [-0.05, 0) is 74.5 Å². The summed E-state index contributed by atoms with van der Waals surface area (Å²) in [4.78, 5) is 2.61. The monoisotopic (exact) mass is 441 g/mol. The Kier molecular flexibility index (Phi) is 6.97. The summed E-state index contributed by atoms with van der Waals surface area (Å²) >= 11 is 0. The zero-order valence-corrected chi connectivity index (χ0v) is 19.5. The van der Waals surface area contributed by atoms with Crippen LogP contribution in [0.2, 0.25) is 0 Å². The number of nitrogens with zero attached hydrogens (tertiary/aromatic N) is 1. The second-order valence-electron chi connectivity index (χ2n) is 9.63. The molecule has 3 nitrogen and oxygen atoms in total. The van der Waals surface area contributed by atoms with Crippen molar-refractivity contribution in [1.29, 1.82) is 0 Å². The molecule has 2 atom stereocenters. The van der Waals surface area contributed by atoms with Crippen LogP contribution in [0.5, 0.6) is 11.5 Å². The van der Waals surface area contributed by atoms with E-state index in [2.05, 4.69) is 59.5 Å². The van der Waals surface area contributed by atoms with Crippen molar-refractivity contribution in [2.45, 2.75) is 50.4 Å². The number of phenols is 1. The van der Waals surface area contributed by atoms with E-state index in [1.54, 1.807) is 12.1 Å². The third-order valence-corrected chi connectivity index (χ3v) is 7.36. The van der Waals surface area contributed by atoms with Crippen molar-refractivity contribution in [2.75, 3.05) is 26.2 Å². The lowest BCUT2D eigenvalue weighted by Gasteiger charge is -2.34. The van der Waals surface area contributed by atoms with Crippen LogP contribution in [0, 0.1) is 0 Å². The molecule has 0 aromatic heterocycles. The number of unbranched alkanes of at least 4 members (excludes halogenated alkanes) is 2. The van der Waals surface area contributed by atoms with Gasteiger partial charge in [0.25, 0.3) is 0 Å². The summed E-state index contributed by atoms with van der Waals surface area (Å²) in [5, 5.41) is 9.96. The maximum atomic E-state index is 9.96. The second-order valence-corrected chi connectivity index (χ2v) is 9.63. The van der Waals surface area contributed by atoms with Crippen molar-refractivity contribution in [2.24, 2.45) is 0 Å². The van der Waals surface area contributed by atoms with Crippen molar-refractivity contribution in [3.8, 4) is 11.5 Å². The first kappa shape index (κ1) is 22.0. The SMILES string of the molecule is Oc1ccc2c(c1)OCC(c1ccccc1)C2c1ccc(CCCCCN2CCCC2)cc1. The Bertz CT molecular complexity index is 1020. The lowest BCUT2D eigenvalue weighted by molar-refractivity contribution is 0.248. The second kappa shape index (κ2) is 10.4. The molecule has 33 heavy (non-hydrogen) atoms. The number of ether oxygens (including phenoxy) is 1. The lowest BCUT2D eigenvalue weighted by atomic mass is 9.75. The summed E-state index contributed by atoms with van der Waals surface area (Å²) in [6, 6.07) is 25.5. The van der Waals surface area contributed by atoms with E-state index in [1.807, 2.05) is 6.07 Å². The summed E-state index contributed by atoms with van der Waals surface area (Å²) in [5.41, 5.74) is 5.19. The maximum Gasteiger partial charge on any atom is 0.126 e. The Hall–Kier alpha value is -2.78. The first-order chi connectivity index (χ1) is 16.3. The number of phenolic OH excluding ortho intramolecular Hbond substituents is 1. The average Bonchev–Trinajstić information content (AvgIpc) is 3.38. The predicted molar refractivity (Wildman–Crippen MR) is 134 cm³/mol. The average molecular weight is 442 g/mol. The minimum Gasteiger partial charge on any atom is -0.508 e. The largest absolute Gasteiger partial charge is 0.508 e. The van der Waals surface area contributed by atoms with E-state index in [0.29, 0.717) is 6.61 Å². The van der Waals surface area contributed by atoms with Crippen LogP contribution in [-0.2, 0) is 6.42 Å². The first-order valence-corrected chi connectivity index (χ1v) is 12.6. The molecule has 2 unspecified atom stereocenters. The summed E-state index contributed by atoms with van der Waals surface area (Å²) in [5.74, 6) is 1.52. The third kappa shape index (κ3) is 5.25. The molecule has 0 aliphatic carbocycles. The molecule has 2 heterocycles. The van der Waals surface area contributed by atoms with E-state index in [4.69, 9.17) is 4.74 Å². The Morgan fingerprint density at radius 1 is 0.818 bits per heavy atom. The van der Waals surface area contributed by atoms with Gasteiger partial charge in [-0.25, -0.2) is 0 Å². The minimum absolute atomic E-state index is 0.214. The van der Waals surface area contributed by atoms with Crippen molar-refractivity contribution >= 4 is 0 Å². The molecule has 172 valence electrons. The smallest absolute Gasteiger partial charge is 0.126 e. The first-order valence-electron chi connectivity index (χ1n) is 12.6. The molecule has 3 heteroatoms. The summed E-state index contributed by atoms with van der Waals surface area (Å²) in [7, 11) is 0. The summed E-state index contributed by atoms with van der Waals surface area (Å²) in [6.45, 7) is 4.50. The zero-order valence-electron chi connectivity index (χ0n) is 19.5. The van der Waals surface area contributed by atoms with E-state index in [9.17, 15) is 5.11 Å². The number of benzene rings is 3. The predicted octanol–water partition coefficient (Wildman–Crippen LogP) is 6.51. The van der Waals surface area contributed by atoms with Gasteiger partial charge in [0.1, 0.15) is 11.5 Å². The van der Waals surface area contributed by atoms with Crippen LogP contribution in [0.3, 0.4) is 0 Å². The minimum atomic E-state index is 0.214. The number of hydrogen-bond donors (Lipinski definition) is 1. The van der Waals surface area contributed by atoms with Crippen LogP contribution < -0.4 is 4.74 Å². The van der Waals surface area contributed by atoms with Gasteiger partial charge in [0.15, 0.2) is 0 Å². The summed E-state index contributed by atoms with van der Waals surface area (Å²) in [6.07, 6.45) is 7.82. The molecule has 1 fully saturated rings. The Morgan fingerprint density at radius 2 is 1.61 bits per heavy atom. The van der Waals surface area contributed by atoms with Gasteiger partial charge in [0.05, 0.1) is 6.61 Å². The van der Waals surface area contributed by atoms with Gasteiger partial charge < -0.3 is 14.7 Å². The van der Waals surface area contributed by atoms with Gasteiger partial charge in [-0.1, -0.05) is 67.1 Å². The number of aryl methyl sites for hydroxylation is 1. The number of aromatic hydroxyl groups is 1. The molecule has 1 N–H and O–H groups in total. The van der Waals surface area contributed by atoms with Crippen LogP contribution in [0.25, 0.3) is 0 Å². The Balaban J connectivity index is 1.28. The number of hydrogen-bond acceptors (Lipinski definition) is 3. The van der Waals surface area contributed by atoms with Crippen LogP contribution in [0.1, 0.15) is 66.2 Å². The number of rotatable bonds is 8. The van der Waals surface area contributed by atoms with Crippen molar-refractivity contribution < 1.29 is 9.84 Å². The molecule has 3 aromatic rings. The standard InChI is InChI=1S/C30H35NO2/c32-26-16-17-27-29(21-26)33-22-28(24-10-4-1-5-11-24)30(27)25-14-12-23(13-15-25)9-3-2-6-18-31-19-7-8-20-31/h1,4-5,10-17,21,28,30,32H,2-3,6-9,18-20,22H2. The molecular formula is C30H35NO2. The van der Waals surface area contributed by atoms with Crippen molar-refractivity contribution in [3.63, 3.8) is 0 Å². The highest BCUT2D eigenvalue weighted by molar-refractivity contribution is 5.50. The third-order valence-electron chi connectivity index (χ3n) is 7.36. The lowest BCUT2D eigenvalue weighted by Crippen LogP contribution is -2.25. The fourth-order valence-electron chi connectivity index (χ4n) is 5.54. The van der Waals surface area contributed by atoms with Gasteiger partial charge >= 0.3 is 0 Å². The number of fused-ring (bicyclic) bond motifs is 1. The van der Waals surface area contributed by atoms with Crippen LogP contribution in [-0.4, -0.2) is 36.2 Å². The fraction of sp³-hybridized carbons (Fsp3) is 0.400. The van der Waals surface area contributed by atoms with Gasteiger partial charge in [0.2, 0.25) is 0 Å². The van der Waals surface area contributed by atoms with Crippen molar-refractivity contribution in [1.82, 2.24) is 4.90 Å². The van der Waals surface area contributed by atoms with Crippen LogP contribution in [0.4, 0.5) is 0 Å². The molecule has 2 aliphatic heterocycles. The molecular weight excluding hydrogens is 406 g/mol. The van der Waals surface area contributed by atoms with Gasteiger partial charge in [-0.15, -0.1) is 0 Å². The van der Waals surface area contributed by atoms with E-state index in [0.717, 1.165) is 17.7 Å². The topological polar surface area (TPSA) is 32.7 Å². The zero-order chi connectivity index (χ0) is 22.5. The molecule has 1 saturated heterocycles. The van der Waals surface area contributed by atoms with Crippen LogP contribution >= 0.6 is 0 Å². The molecule has 0 bridgehead atoms. The normalized spacial score (nSPS) is 20.4. The molecule has 5 rings (SSSR count). The Morgan fingerprint density at radius 3 is 2.39 bits per heavy atom. The molecule has 0 amide bonds.